The zero-order valence-electron chi connectivity index (χ0n) is 12.7. The molecule has 2 aliphatic heterocycles. The van der Waals surface area contributed by atoms with Gasteiger partial charge in [0.15, 0.2) is 0 Å². The van der Waals surface area contributed by atoms with E-state index in [9.17, 15) is 0 Å². The molecule has 0 saturated carbocycles. The Morgan fingerprint density at radius 1 is 1.35 bits per heavy atom. The molecule has 0 saturated heterocycles. The van der Waals surface area contributed by atoms with E-state index in [1.165, 1.54) is 11.1 Å². The molecule has 2 aliphatic rings. The SMILES string of the molecule is NC1=NC(COc2ccc3c(c2)CNCC3)COc2ccsc21. The summed E-state index contributed by atoms with van der Waals surface area (Å²) in [5.74, 6) is 2.23. The lowest BCUT2D eigenvalue weighted by Gasteiger charge is -2.19. The lowest BCUT2D eigenvalue weighted by Crippen LogP contribution is -2.25. The zero-order valence-corrected chi connectivity index (χ0v) is 13.6. The summed E-state index contributed by atoms with van der Waals surface area (Å²) >= 11 is 1.55. The van der Waals surface area contributed by atoms with Gasteiger partial charge in [-0.3, -0.25) is 4.99 Å². The van der Waals surface area contributed by atoms with Crippen molar-refractivity contribution in [1.29, 1.82) is 0 Å². The highest BCUT2D eigenvalue weighted by Gasteiger charge is 2.20. The molecule has 120 valence electrons. The quantitative estimate of drug-likeness (QED) is 0.903. The number of amidine groups is 1. The second kappa shape index (κ2) is 6.22. The van der Waals surface area contributed by atoms with Crippen LogP contribution in [0.2, 0.25) is 0 Å². The van der Waals surface area contributed by atoms with Gasteiger partial charge in [-0.1, -0.05) is 6.07 Å². The first-order valence-electron chi connectivity index (χ1n) is 7.79. The number of fused-ring (bicyclic) bond motifs is 2. The van der Waals surface area contributed by atoms with E-state index in [0.29, 0.717) is 19.0 Å². The molecule has 0 radical (unpaired) electrons. The first kappa shape index (κ1) is 14.5. The summed E-state index contributed by atoms with van der Waals surface area (Å²) in [5, 5.41) is 5.35. The van der Waals surface area contributed by atoms with Crippen molar-refractivity contribution in [2.75, 3.05) is 19.8 Å². The van der Waals surface area contributed by atoms with Crippen molar-refractivity contribution in [3.8, 4) is 11.5 Å². The lowest BCUT2D eigenvalue weighted by molar-refractivity contribution is 0.224. The summed E-state index contributed by atoms with van der Waals surface area (Å²) in [6.45, 7) is 2.90. The molecule has 0 spiro atoms. The van der Waals surface area contributed by atoms with Crippen LogP contribution in [0.3, 0.4) is 0 Å². The van der Waals surface area contributed by atoms with Crippen LogP contribution in [0.4, 0.5) is 0 Å². The standard InChI is InChI=1S/C17H19N3O2S/c18-17-16-15(4-6-23-16)22-10-13(20-17)9-21-14-2-1-11-3-5-19-8-12(11)7-14/h1-2,4,6-7,13,19H,3,5,8-10H2,(H2,18,20). The van der Waals surface area contributed by atoms with E-state index in [0.717, 1.165) is 35.9 Å². The molecule has 0 aliphatic carbocycles. The van der Waals surface area contributed by atoms with Gasteiger partial charge in [-0.25, -0.2) is 0 Å². The number of nitrogens with two attached hydrogens (primary N) is 1. The molecule has 4 rings (SSSR count). The summed E-state index contributed by atoms with van der Waals surface area (Å²) in [6.07, 6.45) is 1.08. The number of nitrogens with one attached hydrogen (secondary N) is 1. The summed E-state index contributed by atoms with van der Waals surface area (Å²) in [4.78, 5) is 5.44. The van der Waals surface area contributed by atoms with Crippen LogP contribution in [0.5, 0.6) is 11.5 Å². The maximum atomic E-state index is 6.06. The molecule has 3 N–H and O–H groups in total. The Kier molecular flexibility index (Phi) is 3.93. The highest BCUT2D eigenvalue weighted by Crippen LogP contribution is 2.27. The molecule has 23 heavy (non-hydrogen) atoms. The molecule has 1 aromatic heterocycles. The fourth-order valence-corrected chi connectivity index (χ4v) is 3.65. The van der Waals surface area contributed by atoms with E-state index in [4.69, 9.17) is 15.2 Å². The first-order chi connectivity index (χ1) is 11.3. The number of ether oxygens (including phenoxy) is 2. The molecule has 5 nitrogen and oxygen atoms in total. The first-order valence-corrected chi connectivity index (χ1v) is 8.67. The van der Waals surface area contributed by atoms with Crippen molar-refractivity contribution in [2.24, 2.45) is 10.7 Å². The largest absolute Gasteiger partial charge is 0.491 e. The fraction of sp³-hybridized carbons (Fsp3) is 0.353. The molecule has 1 atom stereocenters. The summed E-state index contributed by atoms with van der Waals surface area (Å²) in [7, 11) is 0. The van der Waals surface area contributed by atoms with Crippen molar-refractivity contribution < 1.29 is 9.47 Å². The van der Waals surface area contributed by atoms with Crippen molar-refractivity contribution in [3.63, 3.8) is 0 Å². The van der Waals surface area contributed by atoms with Crippen LogP contribution in [-0.2, 0) is 13.0 Å². The van der Waals surface area contributed by atoms with Crippen LogP contribution in [0.25, 0.3) is 0 Å². The molecule has 0 bridgehead atoms. The molecule has 0 fully saturated rings. The van der Waals surface area contributed by atoms with Gasteiger partial charge in [-0.2, -0.15) is 0 Å². The molecule has 6 heteroatoms. The van der Waals surface area contributed by atoms with Gasteiger partial charge in [-0.05, 0) is 47.7 Å². The predicted octanol–water partition coefficient (Wildman–Crippen LogP) is 1.94. The summed E-state index contributed by atoms with van der Waals surface area (Å²) in [6, 6.07) is 8.14. The Morgan fingerprint density at radius 2 is 2.30 bits per heavy atom. The molecule has 1 aromatic carbocycles. The van der Waals surface area contributed by atoms with Crippen molar-refractivity contribution in [1.82, 2.24) is 5.32 Å². The number of aliphatic imine (C=N–C) groups is 1. The molecular formula is C17H19N3O2S. The van der Waals surface area contributed by atoms with Gasteiger partial charge < -0.3 is 20.5 Å². The van der Waals surface area contributed by atoms with Gasteiger partial charge in [0.1, 0.15) is 41.5 Å². The monoisotopic (exact) mass is 329 g/mol. The Bertz CT molecular complexity index is 741. The van der Waals surface area contributed by atoms with Gasteiger partial charge in [0, 0.05) is 6.54 Å². The van der Waals surface area contributed by atoms with Crippen LogP contribution in [0, 0.1) is 0 Å². The minimum Gasteiger partial charge on any atom is -0.491 e. The second-order valence-electron chi connectivity index (χ2n) is 5.76. The second-order valence-corrected chi connectivity index (χ2v) is 6.68. The fourth-order valence-electron chi connectivity index (χ4n) is 2.90. The Balaban J connectivity index is 1.43. The van der Waals surface area contributed by atoms with E-state index in [-0.39, 0.29) is 6.04 Å². The molecule has 2 aromatic rings. The smallest absolute Gasteiger partial charge is 0.141 e. The van der Waals surface area contributed by atoms with Crippen LogP contribution in [0.15, 0.2) is 34.6 Å². The van der Waals surface area contributed by atoms with Crippen molar-refractivity contribution >= 4 is 17.2 Å². The number of benzene rings is 1. The minimum atomic E-state index is -0.0937. The van der Waals surface area contributed by atoms with Crippen molar-refractivity contribution in [2.45, 2.75) is 19.0 Å². The Labute approximate surface area is 139 Å². The highest BCUT2D eigenvalue weighted by molar-refractivity contribution is 7.12. The lowest BCUT2D eigenvalue weighted by atomic mass is 10.0. The normalized spacial score (nSPS) is 19.8. The third-order valence-electron chi connectivity index (χ3n) is 4.12. The average Bonchev–Trinajstić information content (AvgIpc) is 3.00. The Morgan fingerprint density at radius 3 is 3.26 bits per heavy atom. The number of rotatable bonds is 3. The van der Waals surface area contributed by atoms with Gasteiger partial charge in [0.2, 0.25) is 0 Å². The molecule has 3 heterocycles. The molecule has 0 amide bonds. The van der Waals surface area contributed by atoms with E-state index < -0.39 is 0 Å². The predicted molar refractivity (Wildman–Crippen MR) is 91.7 cm³/mol. The highest BCUT2D eigenvalue weighted by atomic mass is 32.1. The van der Waals surface area contributed by atoms with Gasteiger partial charge in [0.25, 0.3) is 0 Å². The minimum absolute atomic E-state index is 0.0937. The number of nitrogens with zero attached hydrogens (tertiary/aromatic N) is 1. The van der Waals surface area contributed by atoms with Crippen LogP contribution >= 0.6 is 11.3 Å². The van der Waals surface area contributed by atoms with Gasteiger partial charge >= 0.3 is 0 Å². The van der Waals surface area contributed by atoms with Crippen LogP contribution in [-0.4, -0.2) is 31.6 Å². The van der Waals surface area contributed by atoms with Crippen molar-refractivity contribution in [3.05, 3.63) is 45.6 Å². The van der Waals surface area contributed by atoms with Gasteiger partial charge in [-0.15, -0.1) is 11.3 Å². The third kappa shape index (κ3) is 3.04. The number of hydrogen-bond donors (Lipinski definition) is 2. The number of thiophene rings is 1. The molecule has 1 unspecified atom stereocenters. The maximum Gasteiger partial charge on any atom is 0.141 e. The zero-order chi connectivity index (χ0) is 15.6. The van der Waals surface area contributed by atoms with Crippen LogP contribution < -0.4 is 20.5 Å². The van der Waals surface area contributed by atoms with E-state index in [1.807, 2.05) is 17.5 Å². The average molecular weight is 329 g/mol. The summed E-state index contributed by atoms with van der Waals surface area (Å²) in [5.41, 5.74) is 8.78. The Hall–Kier alpha value is -2.05. The topological polar surface area (TPSA) is 68.9 Å². The summed E-state index contributed by atoms with van der Waals surface area (Å²) < 4.78 is 11.7. The maximum absolute atomic E-state index is 6.06. The van der Waals surface area contributed by atoms with E-state index in [1.54, 1.807) is 11.3 Å². The van der Waals surface area contributed by atoms with Gasteiger partial charge in [0.05, 0.1) is 0 Å². The molecular weight excluding hydrogens is 310 g/mol. The van der Waals surface area contributed by atoms with Crippen LogP contribution in [0.1, 0.15) is 16.0 Å². The number of hydrogen-bond acceptors (Lipinski definition) is 6. The van der Waals surface area contributed by atoms with E-state index >= 15 is 0 Å². The van der Waals surface area contributed by atoms with E-state index in [2.05, 4.69) is 22.4 Å². The third-order valence-corrected chi connectivity index (χ3v) is 5.04.